The first-order chi connectivity index (χ1) is 18.8. The first-order valence-electron chi connectivity index (χ1n) is 13.0. The number of halogens is 1. The zero-order valence-corrected chi connectivity index (χ0v) is 24.2. The molecular weight excluding hydrogens is 560 g/mol. The second-order valence-electron chi connectivity index (χ2n) is 9.88. The molecule has 1 fully saturated rings. The van der Waals surface area contributed by atoms with E-state index in [0.717, 1.165) is 39.7 Å². The molecule has 1 amide bonds. The summed E-state index contributed by atoms with van der Waals surface area (Å²) in [6.07, 6.45) is 4.89. The van der Waals surface area contributed by atoms with Gasteiger partial charge in [-0.15, -0.1) is 0 Å². The summed E-state index contributed by atoms with van der Waals surface area (Å²) < 4.78 is 14.8. The van der Waals surface area contributed by atoms with Gasteiger partial charge >= 0.3 is 0 Å². The first-order valence-corrected chi connectivity index (χ1v) is 13.8. The fourth-order valence-corrected chi connectivity index (χ4v) is 5.16. The molecule has 0 radical (unpaired) electrons. The molecule has 0 saturated carbocycles. The molecule has 1 atom stereocenters. The minimum Gasteiger partial charge on any atom is -0.493 e. The van der Waals surface area contributed by atoms with Gasteiger partial charge in [0, 0.05) is 54.2 Å². The number of carbonyl (C=O) groups is 1. The molecule has 4 aromatic rings. The molecule has 2 aromatic heterocycles. The number of hydrogen-bond acceptors (Lipinski definition) is 7. The Morgan fingerprint density at radius 1 is 1.15 bits per heavy atom. The minimum atomic E-state index is -0.216. The molecule has 0 spiro atoms. The van der Waals surface area contributed by atoms with Crippen LogP contribution in [0.2, 0.25) is 0 Å². The number of hydrogen-bond donors (Lipinski definition) is 2. The Morgan fingerprint density at radius 3 is 2.74 bits per heavy atom. The van der Waals surface area contributed by atoms with E-state index in [1.54, 1.807) is 25.4 Å². The highest BCUT2D eigenvalue weighted by atomic mass is 79.9. The molecular formula is C29H33BrN6O3. The zero-order chi connectivity index (χ0) is 27.5. The van der Waals surface area contributed by atoms with Crippen LogP contribution in [0.25, 0.3) is 11.0 Å². The van der Waals surface area contributed by atoms with Crippen LogP contribution in [-0.4, -0.2) is 58.6 Å². The maximum absolute atomic E-state index is 12.7. The molecule has 10 heteroatoms. The van der Waals surface area contributed by atoms with Gasteiger partial charge < -0.3 is 29.6 Å². The topological polar surface area (TPSA) is 93.5 Å². The van der Waals surface area contributed by atoms with Crippen molar-refractivity contribution in [2.75, 3.05) is 32.6 Å². The van der Waals surface area contributed by atoms with Gasteiger partial charge in [-0.3, -0.25) is 9.78 Å². The Bertz CT molecular complexity index is 1500. The number of amides is 1. The average Bonchev–Trinajstić information content (AvgIpc) is 3.47. The summed E-state index contributed by atoms with van der Waals surface area (Å²) in [5, 5.41) is 6.38. The van der Waals surface area contributed by atoms with Crippen molar-refractivity contribution in [3.05, 3.63) is 64.4 Å². The molecule has 5 rings (SSSR count). The van der Waals surface area contributed by atoms with E-state index in [9.17, 15) is 4.79 Å². The van der Waals surface area contributed by atoms with Gasteiger partial charge in [0.25, 0.3) is 5.91 Å². The summed E-state index contributed by atoms with van der Waals surface area (Å²) in [5.41, 5.74) is 4.01. The number of likely N-dealkylation sites (tertiary alicyclic amines) is 1. The molecule has 204 valence electrons. The van der Waals surface area contributed by atoms with Crippen LogP contribution >= 0.6 is 15.9 Å². The third-order valence-corrected chi connectivity index (χ3v) is 8.10. The van der Waals surface area contributed by atoms with Crippen molar-refractivity contribution in [1.29, 1.82) is 0 Å². The summed E-state index contributed by atoms with van der Waals surface area (Å²) >= 11 is 3.54. The summed E-state index contributed by atoms with van der Waals surface area (Å²) in [6, 6.07) is 13.7. The van der Waals surface area contributed by atoms with E-state index in [0.29, 0.717) is 41.5 Å². The van der Waals surface area contributed by atoms with E-state index in [1.165, 1.54) is 12.8 Å². The van der Waals surface area contributed by atoms with E-state index in [-0.39, 0.29) is 5.91 Å². The highest BCUT2D eigenvalue weighted by Crippen LogP contribution is 2.36. The highest BCUT2D eigenvalue weighted by molar-refractivity contribution is 9.10. The zero-order valence-electron chi connectivity index (χ0n) is 22.6. The van der Waals surface area contributed by atoms with Crippen LogP contribution in [0.4, 0.5) is 11.6 Å². The number of aryl methyl sites for hydroxylation is 2. The fourth-order valence-electron chi connectivity index (χ4n) is 4.92. The van der Waals surface area contributed by atoms with Gasteiger partial charge in [-0.25, -0.2) is 4.98 Å². The van der Waals surface area contributed by atoms with Crippen LogP contribution in [0.3, 0.4) is 0 Å². The minimum absolute atomic E-state index is 0.216. The van der Waals surface area contributed by atoms with Crippen molar-refractivity contribution in [2.24, 2.45) is 7.05 Å². The number of benzene rings is 2. The summed E-state index contributed by atoms with van der Waals surface area (Å²) in [7, 11) is 5.68. The summed E-state index contributed by atoms with van der Waals surface area (Å²) in [4.78, 5) is 24.1. The SMILES string of the molecule is COc1cc2c(cc1Oc1ccnc(C(=O)NCCC3CCCN3C)c1)nc(Nc1ccc(Br)c(C)c1)n2C. The molecule has 2 aromatic carbocycles. The van der Waals surface area contributed by atoms with Crippen molar-refractivity contribution in [3.63, 3.8) is 0 Å². The second-order valence-corrected chi connectivity index (χ2v) is 10.7. The summed E-state index contributed by atoms with van der Waals surface area (Å²) in [5.74, 6) is 2.02. The van der Waals surface area contributed by atoms with E-state index in [4.69, 9.17) is 14.5 Å². The normalized spacial score (nSPS) is 15.5. The van der Waals surface area contributed by atoms with Gasteiger partial charge in [-0.05, 0) is 69.6 Å². The van der Waals surface area contributed by atoms with E-state index >= 15 is 0 Å². The van der Waals surface area contributed by atoms with Crippen molar-refractivity contribution in [3.8, 4) is 17.2 Å². The smallest absolute Gasteiger partial charge is 0.270 e. The van der Waals surface area contributed by atoms with Gasteiger partial charge in [0.1, 0.15) is 11.4 Å². The summed E-state index contributed by atoms with van der Waals surface area (Å²) in [6.45, 7) is 3.78. The van der Waals surface area contributed by atoms with Crippen LogP contribution in [0.5, 0.6) is 17.2 Å². The molecule has 2 N–H and O–H groups in total. The maximum atomic E-state index is 12.7. The number of nitrogens with one attached hydrogen (secondary N) is 2. The lowest BCUT2D eigenvalue weighted by molar-refractivity contribution is 0.0945. The number of ether oxygens (including phenoxy) is 2. The van der Waals surface area contributed by atoms with Gasteiger partial charge in [-0.2, -0.15) is 0 Å². The van der Waals surface area contributed by atoms with Crippen LogP contribution in [0.1, 0.15) is 35.3 Å². The monoisotopic (exact) mass is 592 g/mol. The number of aromatic nitrogens is 3. The predicted octanol–water partition coefficient (Wildman–Crippen LogP) is 5.80. The lowest BCUT2D eigenvalue weighted by atomic mass is 10.1. The van der Waals surface area contributed by atoms with Gasteiger partial charge in [0.2, 0.25) is 5.95 Å². The number of rotatable bonds is 9. The molecule has 3 heterocycles. The molecule has 1 saturated heterocycles. The number of methoxy groups -OCH3 is 1. The van der Waals surface area contributed by atoms with Crippen LogP contribution in [0.15, 0.2) is 53.1 Å². The Kier molecular flexibility index (Phi) is 8.04. The predicted molar refractivity (Wildman–Crippen MR) is 156 cm³/mol. The van der Waals surface area contributed by atoms with Crippen LogP contribution in [0, 0.1) is 6.92 Å². The Labute approximate surface area is 236 Å². The molecule has 0 bridgehead atoms. The Balaban J connectivity index is 1.32. The van der Waals surface area contributed by atoms with Gasteiger partial charge in [0.15, 0.2) is 11.5 Å². The van der Waals surface area contributed by atoms with Gasteiger partial charge in [0.05, 0.1) is 18.1 Å². The fraction of sp³-hybridized carbons (Fsp3) is 0.345. The van der Waals surface area contributed by atoms with Crippen LogP contribution in [-0.2, 0) is 7.05 Å². The second kappa shape index (κ2) is 11.6. The Hall–Kier alpha value is -3.63. The van der Waals surface area contributed by atoms with E-state index < -0.39 is 0 Å². The third-order valence-electron chi connectivity index (χ3n) is 7.21. The number of fused-ring (bicyclic) bond motifs is 1. The molecule has 39 heavy (non-hydrogen) atoms. The highest BCUT2D eigenvalue weighted by Gasteiger charge is 2.21. The van der Waals surface area contributed by atoms with E-state index in [2.05, 4.69) is 49.6 Å². The van der Waals surface area contributed by atoms with Crippen molar-refractivity contribution >= 4 is 44.5 Å². The number of imidazole rings is 1. The molecule has 9 nitrogen and oxygen atoms in total. The lowest BCUT2D eigenvalue weighted by Crippen LogP contribution is -2.32. The quantitative estimate of drug-likeness (QED) is 0.254. The Morgan fingerprint density at radius 2 is 2.00 bits per heavy atom. The average molecular weight is 594 g/mol. The van der Waals surface area contributed by atoms with Crippen molar-refractivity contribution in [1.82, 2.24) is 24.8 Å². The molecule has 0 aliphatic carbocycles. The largest absolute Gasteiger partial charge is 0.493 e. The van der Waals surface area contributed by atoms with Crippen LogP contribution < -0.4 is 20.1 Å². The standard InChI is InChI=1S/C29H33BrN6O3/c1-18-14-19(7-8-22(18)30)33-29-34-23-16-27(26(38-4)17-25(23)36(29)3)39-21-10-12-31-24(15-21)28(37)32-11-9-20-6-5-13-35(20)2/h7-8,10,12,14-17,20H,5-6,9,11,13H2,1-4H3,(H,32,37)(H,33,34). The number of carbonyl (C=O) groups excluding carboxylic acids is 1. The molecule has 1 aliphatic heterocycles. The molecule has 1 unspecified atom stereocenters. The van der Waals surface area contributed by atoms with Crippen molar-refractivity contribution in [2.45, 2.75) is 32.2 Å². The van der Waals surface area contributed by atoms with Crippen molar-refractivity contribution < 1.29 is 14.3 Å². The number of nitrogens with zero attached hydrogens (tertiary/aromatic N) is 4. The van der Waals surface area contributed by atoms with Gasteiger partial charge in [-0.1, -0.05) is 15.9 Å². The molecule has 1 aliphatic rings. The lowest BCUT2D eigenvalue weighted by Gasteiger charge is -2.19. The third kappa shape index (κ3) is 6.02. The maximum Gasteiger partial charge on any atom is 0.270 e. The van der Waals surface area contributed by atoms with E-state index in [1.807, 2.05) is 42.8 Å². The number of anilines is 2. The first kappa shape index (κ1) is 27.0. The number of pyridine rings is 1.